The molecule has 2 aromatic rings. The molecule has 0 saturated carbocycles. The van der Waals surface area contributed by atoms with Crippen LogP contribution in [0.3, 0.4) is 0 Å². The third-order valence-electron chi connectivity index (χ3n) is 3.59. The lowest BCUT2D eigenvalue weighted by atomic mass is 10.2. The predicted molar refractivity (Wildman–Crippen MR) is 110 cm³/mol. The van der Waals surface area contributed by atoms with Gasteiger partial charge in [0.1, 0.15) is 11.6 Å². The van der Waals surface area contributed by atoms with E-state index in [1.54, 1.807) is 18.2 Å². The molecular weight excluding hydrogens is 399 g/mol. The maximum absolute atomic E-state index is 13.5. The number of para-hydroxylation sites is 1. The largest absolute Gasteiger partial charge is 0.495 e. The van der Waals surface area contributed by atoms with Crippen LogP contribution in [0.25, 0.3) is 0 Å². The zero-order valence-corrected chi connectivity index (χ0v) is 16.8. The van der Waals surface area contributed by atoms with Crippen LogP contribution in [0.15, 0.2) is 42.5 Å². The number of nitrogens with one attached hydrogen (secondary N) is 2. The molecule has 0 bridgehead atoms. The summed E-state index contributed by atoms with van der Waals surface area (Å²) in [5.41, 5.74) is 1.49. The first kappa shape index (κ1) is 22.2. The second-order valence-electron chi connectivity index (χ2n) is 5.93. The molecule has 0 aromatic heterocycles. The van der Waals surface area contributed by atoms with E-state index in [4.69, 9.17) is 9.47 Å². The molecule has 154 valence electrons. The van der Waals surface area contributed by atoms with Crippen LogP contribution >= 0.6 is 11.8 Å². The number of aryl methyl sites for hydroxylation is 1. The van der Waals surface area contributed by atoms with Crippen LogP contribution in [0.5, 0.6) is 5.75 Å². The Hall–Kier alpha value is -3.07. The first-order valence-corrected chi connectivity index (χ1v) is 9.76. The molecule has 7 nitrogen and oxygen atoms in total. The Morgan fingerprint density at radius 1 is 1.00 bits per heavy atom. The van der Waals surface area contributed by atoms with E-state index in [2.05, 4.69) is 10.6 Å². The van der Waals surface area contributed by atoms with Gasteiger partial charge in [0.25, 0.3) is 5.91 Å². The van der Waals surface area contributed by atoms with Crippen molar-refractivity contribution in [1.82, 2.24) is 0 Å². The van der Waals surface area contributed by atoms with E-state index in [-0.39, 0.29) is 17.2 Å². The number of methoxy groups -OCH3 is 1. The van der Waals surface area contributed by atoms with Crippen LogP contribution in [-0.2, 0) is 19.1 Å². The first-order chi connectivity index (χ1) is 13.9. The van der Waals surface area contributed by atoms with E-state index in [9.17, 15) is 18.8 Å². The molecule has 2 amide bonds. The Balaban J connectivity index is 1.69. The molecule has 0 atom stereocenters. The van der Waals surface area contributed by atoms with Crippen LogP contribution in [-0.4, -0.2) is 43.0 Å². The van der Waals surface area contributed by atoms with E-state index < -0.39 is 30.2 Å². The third kappa shape index (κ3) is 7.46. The Kier molecular flexibility index (Phi) is 8.47. The Labute approximate surface area is 172 Å². The summed E-state index contributed by atoms with van der Waals surface area (Å²) in [4.78, 5) is 35.5. The van der Waals surface area contributed by atoms with Crippen molar-refractivity contribution in [3.05, 3.63) is 53.8 Å². The number of carbonyl (C=O) groups excluding carboxylic acids is 3. The number of hydrogen-bond donors (Lipinski definition) is 2. The zero-order valence-electron chi connectivity index (χ0n) is 16.0. The minimum Gasteiger partial charge on any atom is -0.495 e. The minimum atomic E-state index is -0.639. The highest BCUT2D eigenvalue weighted by atomic mass is 32.2. The van der Waals surface area contributed by atoms with E-state index in [0.717, 1.165) is 17.3 Å². The summed E-state index contributed by atoms with van der Waals surface area (Å²) in [6, 6.07) is 11.1. The van der Waals surface area contributed by atoms with E-state index in [1.165, 1.54) is 25.3 Å². The molecule has 0 aliphatic heterocycles. The molecule has 0 spiro atoms. The molecule has 2 rings (SSSR count). The van der Waals surface area contributed by atoms with Crippen molar-refractivity contribution in [1.29, 1.82) is 0 Å². The van der Waals surface area contributed by atoms with E-state index >= 15 is 0 Å². The summed E-state index contributed by atoms with van der Waals surface area (Å²) >= 11 is 0.998. The molecular formula is C20H21FN2O5S. The van der Waals surface area contributed by atoms with Gasteiger partial charge in [-0.3, -0.25) is 14.4 Å². The van der Waals surface area contributed by atoms with Crippen LogP contribution in [0.4, 0.5) is 15.8 Å². The van der Waals surface area contributed by atoms with Crippen LogP contribution in [0.2, 0.25) is 0 Å². The highest BCUT2D eigenvalue weighted by Gasteiger charge is 2.12. The van der Waals surface area contributed by atoms with Gasteiger partial charge in [0.05, 0.1) is 30.0 Å². The number of rotatable bonds is 9. The summed E-state index contributed by atoms with van der Waals surface area (Å²) in [6.07, 6.45) is 0. The highest BCUT2D eigenvalue weighted by molar-refractivity contribution is 8.00. The summed E-state index contributed by atoms with van der Waals surface area (Å²) < 4.78 is 23.5. The monoisotopic (exact) mass is 420 g/mol. The number of thioether (sulfide) groups is 1. The third-order valence-corrected chi connectivity index (χ3v) is 4.50. The number of anilines is 2. The van der Waals surface area contributed by atoms with Crippen LogP contribution in [0, 0.1) is 12.7 Å². The molecule has 0 aliphatic rings. The fraction of sp³-hybridized carbons (Fsp3) is 0.250. The molecule has 2 aromatic carbocycles. The second-order valence-corrected chi connectivity index (χ2v) is 6.92. The van der Waals surface area contributed by atoms with Gasteiger partial charge in [-0.15, -0.1) is 11.8 Å². The summed E-state index contributed by atoms with van der Waals surface area (Å²) in [7, 11) is 1.49. The molecule has 0 aliphatic carbocycles. The van der Waals surface area contributed by atoms with Crippen molar-refractivity contribution < 1.29 is 28.2 Å². The summed E-state index contributed by atoms with van der Waals surface area (Å²) in [6.45, 7) is 1.41. The molecule has 2 N–H and O–H groups in total. The Morgan fingerprint density at radius 2 is 1.72 bits per heavy atom. The fourth-order valence-electron chi connectivity index (χ4n) is 2.27. The lowest BCUT2D eigenvalue weighted by Gasteiger charge is -2.11. The van der Waals surface area contributed by atoms with Gasteiger partial charge in [0.15, 0.2) is 6.61 Å². The SMILES string of the molecule is COc1ccc(C)cc1NC(=O)COC(=O)CSCC(=O)Nc1ccccc1F. The topological polar surface area (TPSA) is 93.7 Å². The van der Waals surface area contributed by atoms with Gasteiger partial charge in [-0.2, -0.15) is 0 Å². The molecule has 0 unspecified atom stereocenters. The van der Waals surface area contributed by atoms with Gasteiger partial charge < -0.3 is 20.1 Å². The van der Waals surface area contributed by atoms with Crippen molar-refractivity contribution in [2.75, 3.05) is 35.9 Å². The zero-order chi connectivity index (χ0) is 21.2. The highest BCUT2D eigenvalue weighted by Crippen LogP contribution is 2.25. The molecule has 0 heterocycles. The Bertz CT molecular complexity index is 891. The number of carbonyl (C=O) groups is 3. The van der Waals surface area contributed by atoms with Crippen molar-refractivity contribution in [2.24, 2.45) is 0 Å². The fourth-order valence-corrected chi connectivity index (χ4v) is 2.88. The van der Waals surface area contributed by atoms with Gasteiger partial charge in [0, 0.05) is 0 Å². The molecule has 0 radical (unpaired) electrons. The lowest BCUT2D eigenvalue weighted by molar-refractivity contribution is -0.144. The van der Waals surface area contributed by atoms with Crippen molar-refractivity contribution in [3.63, 3.8) is 0 Å². The maximum atomic E-state index is 13.5. The number of esters is 1. The number of hydrogen-bond acceptors (Lipinski definition) is 6. The van der Waals surface area contributed by atoms with Gasteiger partial charge in [0.2, 0.25) is 5.91 Å². The quantitative estimate of drug-likeness (QED) is 0.606. The number of benzene rings is 2. The molecule has 0 saturated heterocycles. The number of amides is 2. The second kappa shape index (κ2) is 11.1. The van der Waals surface area contributed by atoms with E-state index in [1.807, 2.05) is 13.0 Å². The molecule has 29 heavy (non-hydrogen) atoms. The van der Waals surface area contributed by atoms with Crippen molar-refractivity contribution >= 4 is 40.9 Å². The molecule has 9 heteroatoms. The summed E-state index contributed by atoms with van der Waals surface area (Å²) in [5, 5.41) is 5.03. The van der Waals surface area contributed by atoms with Gasteiger partial charge in [-0.1, -0.05) is 18.2 Å². The average molecular weight is 420 g/mol. The van der Waals surface area contributed by atoms with Crippen molar-refractivity contribution in [3.8, 4) is 5.75 Å². The van der Waals surface area contributed by atoms with Gasteiger partial charge in [-0.25, -0.2) is 4.39 Å². The predicted octanol–water partition coefficient (Wildman–Crippen LogP) is 3.00. The van der Waals surface area contributed by atoms with Crippen LogP contribution in [0.1, 0.15) is 5.56 Å². The molecule has 0 fully saturated rings. The average Bonchev–Trinajstić information content (AvgIpc) is 2.68. The van der Waals surface area contributed by atoms with Gasteiger partial charge >= 0.3 is 5.97 Å². The summed E-state index contributed by atoms with van der Waals surface area (Å²) in [5.74, 6) is -1.82. The first-order valence-electron chi connectivity index (χ1n) is 8.61. The van der Waals surface area contributed by atoms with Crippen LogP contribution < -0.4 is 15.4 Å². The smallest absolute Gasteiger partial charge is 0.316 e. The van der Waals surface area contributed by atoms with Gasteiger partial charge in [-0.05, 0) is 36.8 Å². The Morgan fingerprint density at radius 3 is 2.45 bits per heavy atom. The normalized spacial score (nSPS) is 10.2. The lowest BCUT2D eigenvalue weighted by Crippen LogP contribution is -2.22. The maximum Gasteiger partial charge on any atom is 0.316 e. The van der Waals surface area contributed by atoms with Crippen molar-refractivity contribution in [2.45, 2.75) is 6.92 Å². The standard InChI is InChI=1S/C20H21FN2O5S/c1-13-7-8-17(27-2)16(9-13)23-18(24)10-28-20(26)12-29-11-19(25)22-15-6-4-3-5-14(15)21/h3-9H,10-12H2,1-2H3,(H,22,25)(H,23,24). The number of halogens is 1. The number of ether oxygens (including phenoxy) is 2. The van der Waals surface area contributed by atoms with E-state index in [0.29, 0.717) is 11.4 Å². The minimum absolute atomic E-state index is 0.0594.